The standard InChI is InChI=1S/C12H9N3O2S/c16-12(17)11-14-9(7-18-11)6-15-10-4-2-1-3-8(10)5-13-15/h1-5,7H,6H2,(H,16,17). The third-order valence-corrected chi connectivity index (χ3v) is 3.48. The second kappa shape index (κ2) is 4.23. The van der Waals surface area contributed by atoms with Gasteiger partial charge in [-0.3, -0.25) is 4.68 Å². The SMILES string of the molecule is O=C(O)c1nc(Cn2ncc3ccccc32)cs1. The van der Waals surface area contributed by atoms with Crippen LogP contribution in [0.25, 0.3) is 10.9 Å². The Balaban J connectivity index is 1.93. The lowest BCUT2D eigenvalue weighted by atomic mass is 10.2. The molecule has 0 bridgehead atoms. The molecule has 0 aliphatic heterocycles. The Hall–Kier alpha value is -2.21. The third-order valence-electron chi connectivity index (χ3n) is 2.60. The maximum absolute atomic E-state index is 10.8. The van der Waals surface area contributed by atoms with Crippen molar-refractivity contribution in [2.45, 2.75) is 6.54 Å². The molecule has 0 amide bonds. The molecule has 0 fully saturated rings. The Morgan fingerprint density at radius 3 is 3.00 bits per heavy atom. The Bertz CT molecular complexity index is 717. The van der Waals surface area contributed by atoms with E-state index in [0.717, 1.165) is 22.2 Å². The van der Waals surface area contributed by atoms with Gasteiger partial charge in [0.2, 0.25) is 5.01 Å². The van der Waals surface area contributed by atoms with E-state index < -0.39 is 5.97 Å². The molecule has 0 saturated heterocycles. The summed E-state index contributed by atoms with van der Waals surface area (Å²) >= 11 is 1.13. The number of carbonyl (C=O) groups is 1. The van der Waals surface area contributed by atoms with Gasteiger partial charge in [-0.15, -0.1) is 11.3 Å². The van der Waals surface area contributed by atoms with Gasteiger partial charge >= 0.3 is 5.97 Å². The predicted octanol–water partition coefficient (Wildman–Crippen LogP) is 2.24. The molecular weight excluding hydrogens is 250 g/mol. The van der Waals surface area contributed by atoms with Crippen LogP contribution < -0.4 is 0 Å². The fourth-order valence-electron chi connectivity index (χ4n) is 1.78. The fraction of sp³-hybridized carbons (Fsp3) is 0.0833. The lowest BCUT2D eigenvalue weighted by molar-refractivity contribution is 0.0696. The fourth-order valence-corrected chi connectivity index (χ4v) is 2.43. The zero-order chi connectivity index (χ0) is 12.5. The van der Waals surface area contributed by atoms with Crippen molar-refractivity contribution in [3.05, 3.63) is 46.5 Å². The molecule has 0 unspecified atom stereocenters. The van der Waals surface area contributed by atoms with Crippen LogP contribution in [0.4, 0.5) is 0 Å². The monoisotopic (exact) mass is 259 g/mol. The molecule has 90 valence electrons. The largest absolute Gasteiger partial charge is 0.476 e. The molecule has 18 heavy (non-hydrogen) atoms. The Morgan fingerprint density at radius 1 is 1.39 bits per heavy atom. The Kier molecular flexibility index (Phi) is 2.56. The van der Waals surface area contributed by atoms with Crippen LogP contribution in [0.15, 0.2) is 35.8 Å². The summed E-state index contributed by atoms with van der Waals surface area (Å²) in [7, 11) is 0. The van der Waals surface area contributed by atoms with E-state index >= 15 is 0 Å². The van der Waals surface area contributed by atoms with Crippen molar-refractivity contribution in [3.8, 4) is 0 Å². The molecule has 0 atom stereocenters. The van der Waals surface area contributed by atoms with E-state index in [1.807, 2.05) is 28.9 Å². The number of nitrogens with zero attached hydrogens (tertiary/aromatic N) is 3. The van der Waals surface area contributed by atoms with Crippen molar-refractivity contribution in [2.24, 2.45) is 0 Å². The van der Waals surface area contributed by atoms with Crippen LogP contribution in [0.1, 0.15) is 15.5 Å². The number of benzene rings is 1. The maximum Gasteiger partial charge on any atom is 0.365 e. The van der Waals surface area contributed by atoms with Crippen LogP contribution in [-0.4, -0.2) is 25.8 Å². The number of hydrogen-bond donors (Lipinski definition) is 1. The number of carboxylic acids is 1. The van der Waals surface area contributed by atoms with E-state index in [9.17, 15) is 4.79 Å². The minimum Gasteiger partial charge on any atom is -0.476 e. The second-order valence-corrected chi connectivity index (χ2v) is 4.67. The molecule has 2 aromatic heterocycles. The van der Waals surface area contributed by atoms with Gasteiger partial charge in [0.15, 0.2) is 0 Å². The normalized spacial score (nSPS) is 10.9. The topological polar surface area (TPSA) is 68.0 Å². The highest BCUT2D eigenvalue weighted by atomic mass is 32.1. The molecule has 2 heterocycles. The quantitative estimate of drug-likeness (QED) is 0.783. The minimum absolute atomic E-state index is 0.112. The van der Waals surface area contributed by atoms with Gasteiger partial charge in [0, 0.05) is 10.8 Å². The molecule has 1 N–H and O–H groups in total. The molecule has 0 saturated carbocycles. The molecule has 3 aromatic rings. The number of fused-ring (bicyclic) bond motifs is 1. The first kappa shape index (κ1) is 10.9. The highest BCUT2D eigenvalue weighted by Gasteiger charge is 2.10. The van der Waals surface area contributed by atoms with Crippen molar-refractivity contribution < 1.29 is 9.90 Å². The van der Waals surface area contributed by atoms with Gasteiger partial charge in [-0.2, -0.15) is 5.10 Å². The summed E-state index contributed by atoms with van der Waals surface area (Å²) in [5, 5.41) is 16.0. The predicted molar refractivity (Wildman–Crippen MR) is 67.9 cm³/mol. The van der Waals surface area contributed by atoms with Gasteiger partial charge in [-0.25, -0.2) is 9.78 Å². The summed E-state index contributed by atoms with van der Waals surface area (Å²) in [5.74, 6) is -0.989. The number of aromatic carboxylic acids is 1. The van der Waals surface area contributed by atoms with Gasteiger partial charge < -0.3 is 5.11 Å². The van der Waals surface area contributed by atoms with Crippen LogP contribution in [0, 0.1) is 0 Å². The van der Waals surface area contributed by atoms with Crippen LogP contribution in [-0.2, 0) is 6.54 Å². The second-order valence-electron chi connectivity index (χ2n) is 3.81. The average molecular weight is 259 g/mol. The maximum atomic E-state index is 10.8. The molecular formula is C12H9N3O2S. The van der Waals surface area contributed by atoms with Gasteiger partial charge in [-0.1, -0.05) is 18.2 Å². The third kappa shape index (κ3) is 1.86. The van der Waals surface area contributed by atoms with Crippen LogP contribution in [0.5, 0.6) is 0 Å². The zero-order valence-corrected chi connectivity index (χ0v) is 10.1. The number of hydrogen-bond acceptors (Lipinski definition) is 4. The van der Waals surface area contributed by atoms with E-state index in [1.54, 1.807) is 11.6 Å². The number of aromatic nitrogens is 3. The molecule has 0 radical (unpaired) electrons. The number of thiazole rings is 1. The smallest absolute Gasteiger partial charge is 0.365 e. The molecule has 5 nitrogen and oxygen atoms in total. The highest BCUT2D eigenvalue weighted by Crippen LogP contribution is 2.16. The molecule has 0 spiro atoms. The Morgan fingerprint density at radius 2 is 2.22 bits per heavy atom. The molecule has 1 aromatic carbocycles. The van der Waals surface area contributed by atoms with E-state index in [0.29, 0.717) is 12.2 Å². The van der Waals surface area contributed by atoms with Crippen molar-refractivity contribution in [1.82, 2.24) is 14.8 Å². The van der Waals surface area contributed by atoms with E-state index in [4.69, 9.17) is 5.11 Å². The minimum atomic E-state index is -0.989. The van der Waals surface area contributed by atoms with E-state index in [1.165, 1.54) is 0 Å². The summed E-state index contributed by atoms with van der Waals surface area (Å²) in [6.07, 6.45) is 1.79. The first-order chi connectivity index (χ1) is 8.74. The van der Waals surface area contributed by atoms with Gasteiger partial charge in [0.25, 0.3) is 0 Å². The molecule has 3 rings (SSSR count). The van der Waals surface area contributed by atoms with Crippen LogP contribution in [0.2, 0.25) is 0 Å². The molecule has 6 heteroatoms. The van der Waals surface area contributed by atoms with E-state index in [-0.39, 0.29) is 5.01 Å². The lowest BCUT2D eigenvalue weighted by Crippen LogP contribution is -2.03. The van der Waals surface area contributed by atoms with Gasteiger partial charge in [0.1, 0.15) is 0 Å². The number of rotatable bonds is 3. The summed E-state index contributed by atoms with van der Waals surface area (Å²) in [4.78, 5) is 14.8. The Labute approximate surface area is 106 Å². The molecule has 0 aliphatic rings. The van der Waals surface area contributed by atoms with Gasteiger partial charge in [-0.05, 0) is 6.07 Å². The highest BCUT2D eigenvalue weighted by molar-refractivity contribution is 7.11. The van der Waals surface area contributed by atoms with Crippen molar-refractivity contribution in [3.63, 3.8) is 0 Å². The summed E-state index contributed by atoms with van der Waals surface area (Å²) < 4.78 is 1.82. The zero-order valence-electron chi connectivity index (χ0n) is 9.28. The summed E-state index contributed by atoms with van der Waals surface area (Å²) in [6, 6.07) is 7.87. The van der Waals surface area contributed by atoms with Gasteiger partial charge in [0.05, 0.1) is 24.0 Å². The number of carboxylic acid groups (broad SMARTS) is 1. The van der Waals surface area contributed by atoms with Crippen molar-refractivity contribution >= 4 is 28.2 Å². The average Bonchev–Trinajstić information content (AvgIpc) is 2.98. The summed E-state index contributed by atoms with van der Waals surface area (Å²) in [6.45, 7) is 0.483. The van der Waals surface area contributed by atoms with Crippen molar-refractivity contribution in [1.29, 1.82) is 0 Å². The first-order valence-electron chi connectivity index (χ1n) is 5.32. The first-order valence-corrected chi connectivity index (χ1v) is 6.20. The number of para-hydroxylation sites is 1. The van der Waals surface area contributed by atoms with Crippen LogP contribution in [0.3, 0.4) is 0 Å². The van der Waals surface area contributed by atoms with E-state index in [2.05, 4.69) is 10.1 Å². The van der Waals surface area contributed by atoms with Crippen LogP contribution >= 0.6 is 11.3 Å². The summed E-state index contributed by atoms with van der Waals surface area (Å²) in [5.41, 5.74) is 1.73. The molecule has 0 aliphatic carbocycles. The van der Waals surface area contributed by atoms with Crippen molar-refractivity contribution in [2.75, 3.05) is 0 Å². The lowest BCUT2D eigenvalue weighted by Gasteiger charge is -2.00.